The molecule has 17 heteroatoms. The van der Waals surface area contributed by atoms with Gasteiger partial charge in [-0.2, -0.15) is 0 Å². The molecule has 0 bridgehead atoms. The summed E-state index contributed by atoms with van der Waals surface area (Å²) in [7, 11) is 0. The molecule has 0 aromatic heterocycles. The lowest BCUT2D eigenvalue weighted by atomic mass is 10.1. The number of amides is 3. The Labute approximate surface area is 258 Å². The highest BCUT2D eigenvalue weighted by molar-refractivity contribution is 14.1. The fourth-order valence-electron chi connectivity index (χ4n) is 3.03. The van der Waals surface area contributed by atoms with Gasteiger partial charge in [-0.15, -0.1) is 0 Å². The third-order valence-corrected chi connectivity index (χ3v) is 8.35. The minimum atomic E-state index is -1.52. The first-order valence-electron chi connectivity index (χ1n) is 11.1. The van der Waals surface area contributed by atoms with Crippen LogP contribution < -0.4 is 15.5 Å². The molecular weight excluding hydrogens is 851 g/mol. The van der Waals surface area contributed by atoms with Crippen molar-refractivity contribution in [3.63, 3.8) is 0 Å². The van der Waals surface area contributed by atoms with Crippen molar-refractivity contribution in [2.75, 3.05) is 44.4 Å². The Balaban J connectivity index is 3.71. The average Bonchev–Trinajstić information content (AvgIpc) is 2.87. The molecule has 5 unspecified atom stereocenters. The number of hydrogen-bond acceptors (Lipinski definition) is 11. The lowest BCUT2D eigenvalue weighted by Crippen LogP contribution is -2.43. The van der Waals surface area contributed by atoms with Gasteiger partial charge in [0.15, 0.2) is 0 Å². The van der Waals surface area contributed by atoms with Gasteiger partial charge in [0.25, 0.3) is 17.7 Å². The quantitative estimate of drug-likeness (QED) is 0.0851. The Hall–Kier alpha value is -0.500. The molecule has 38 heavy (non-hydrogen) atoms. The number of carbonyl (C=O) groups is 3. The van der Waals surface area contributed by atoms with E-state index in [0.717, 1.165) is 4.90 Å². The van der Waals surface area contributed by atoms with Crippen LogP contribution in [0.25, 0.3) is 0 Å². The van der Waals surface area contributed by atoms with Gasteiger partial charge in [-0.25, -0.2) is 0 Å². The molecule has 0 spiro atoms. The van der Waals surface area contributed by atoms with Crippen LogP contribution in [0, 0.1) is 10.7 Å². The molecule has 0 aliphatic heterocycles. The SMILES string of the molecule is CC(O)C(=O)N(CCO)c1c(I)c(C(=O)NCC(O)C(O)CO)c(I)c(C(=O)NCC(O)C(O)CO)c1I. The second-order valence-electron chi connectivity index (χ2n) is 7.98. The summed E-state index contributed by atoms with van der Waals surface area (Å²) in [6.07, 6.45) is -7.55. The predicted molar refractivity (Wildman–Crippen MR) is 159 cm³/mol. The monoisotopic (exact) mass is 881 g/mol. The summed E-state index contributed by atoms with van der Waals surface area (Å²) in [4.78, 5) is 40.2. The Morgan fingerprint density at radius 2 is 1.13 bits per heavy atom. The van der Waals surface area contributed by atoms with Gasteiger partial charge in [-0.1, -0.05) is 0 Å². The number of carbonyl (C=O) groups excluding carboxylic acids is 3. The van der Waals surface area contributed by atoms with E-state index in [1.165, 1.54) is 6.92 Å². The van der Waals surface area contributed by atoms with Crippen LogP contribution in [0.5, 0.6) is 0 Å². The van der Waals surface area contributed by atoms with E-state index >= 15 is 0 Å². The smallest absolute Gasteiger partial charge is 0.255 e. The van der Waals surface area contributed by atoms with E-state index in [0.29, 0.717) is 0 Å². The first kappa shape index (κ1) is 35.5. The molecule has 0 fully saturated rings. The highest BCUT2D eigenvalue weighted by atomic mass is 127. The molecule has 0 aliphatic carbocycles. The van der Waals surface area contributed by atoms with Crippen molar-refractivity contribution in [3.05, 3.63) is 21.8 Å². The van der Waals surface area contributed by atoms with Crippen LogP contribution in [-0.4, -0.2) is 129 Å². The van der Waals surface area contributed by atoms with Crippen LogP contribution in [0.1, 0.15) is 27.6 Å². The standard InChI is InChI=1S/C21H30I3N3O11/c1-8(31)21(38)27(2-3-28)18-16(23)13(19(36)25-4-9(32)11(34)6-29)15(22)14(17(18)24)20(37)26-5-10(33)12(35)7-30/h8-12,28-35H,2-7H2,1H3,(H,25,36)(H,26,37). The minimum Gasteiger partial charge on any atom is -0.395 e. The maximum atomic E-state index is 13.2. The van der Waals surface area contributed by atoms with Crippen molar-refractivity contribution >= 4 is 91.2 Å². The number of nitrogens with zero attached hydrogens (tertiary/aromatic N) is 1. The van der Waals surface area contributed by atoms with Gasteiger partial charge in [-0.05, 0) is 74.7 Å². The van der Waals surface area contributed by atoms with Crippen molar-refractivity contribution in [1.82, 2.24) is 10.6 Å². The number of halogens is 3. The van der Waals surface area contributed by atoms with Crippen LogP contribution in [0.4, 0.5) is 5.69 Å². The Morgan fingerprint density at radius 3 is 1.45 bits per heavy atom. The third kappa shape index (κ3) is 9.01. The molecule has 0 saturated heterocycles. The largest absolute Gasteiger partial charge is 0.395 e. The molecule has 10 N–H and O–H groups in total. The van der Waals surface area contributed by atoms with Gasteiger partial charge in [0.2, 0.25) is 0 Å². The van der Waals surface area contributed by atoms with E-state index < -0.39 is 81.2 Å². The first-order chi connectivity index (χ1) is 17.7. The van der Waals surface area contributed by atoms with Gasteiger partial charge in [0.1, 0.15) is 18.3 Å². The van der Waals surface area contributed by atoms with Crippen LogP contribution in [0.15, 0.2) is 0 Å². The molecular formula is C21H30I3N3O11. The summed E-state index contributed by atoms with van der Waals surface area (Å²) in [6.45, 7) is -2.03. The summed E-state index contributed by atoms with van der Waals surface area (Å²) < 4.78 is 0.444. The van der Waals surface area contributed by atoms with E-state index in [2.05, 4.69) is 10.6 Å². The average molecular weight is 881 g/mol. The fraction of sp³-hybridized carbons (Fsp3) is 0.571. The van der Waals surface area contributed by atoms with Gasteiger partial charge in [0, 0.05) is 23.2 Å². The van der Waals surface area contributed by atoms with Gasteiger partial charge < -0.3 is 56.4 Å². The third-order valence-electron chi connectivity index (χ3n) is 5.17. The zero-order valence-electron chi connectivity index (χ0n) is 20.0. The van der Waals surface area contributed by atoms with E-state index in [1.54, 1.807) is 67.8 Å². The zero-order chi connectivity index (χ0) is 29.3. The molecule has 1 aromatic carbocycles. The highest BCUT2D eigenvalue weighted by Crippen LogP contribution is 2.38. The van der Waals surface area contributed by atoms with Crippen molar-refractivity contribution in [1.29, 1.82) is 0 Å². The van der Waals surface area contributed by atoms with Gasteiger partial charge in [-0.3, -0.25) is 14.4 Å². The normalized spacial score (nSPS) is 15.3. The summed E-state index contributed by atoms with van der Waals surface area (Å²) in [6, 6.07) is 0. The summed E-state index contributed by atoms with van der Waals surface area (Å²) in [5.74, 6) is -2.44. The van der Waals surface area contributed by atoms with Crippen LogP contribution in [0.3, 0.4) is 0 Å². The Bertz CT molecular complexity index is 940. The molecule has 14 nitrogen and oxygen atoms in total. The molecule has 3 amide bonds. The van der Waals surface area contributed by atoms with Crippen LogP contribution in [-0.2, 0) is 4.79 Å². The van der Waals surface area contributed by atoms with E-state index in [9.17, 15) is 45.0 Å². The maximum Gasteiger partial charge on any atom is 0.255 e. The number of benzene rings is 1. The Morgan fingerprint density at radius 1 is 0.737 bits per heavy atom. The first-order valence-corrected chi connectivity index (χ1v) is 14.3. The maximum absolute atomic E-state index is 13.2. The number of aliphatic hydroxyl groups is 8. The minimum absolute atomic E-state index is 0.0359. The van der Waals surface area contributed by atoms with E-state index in [4.69, 9.17) is 10.2 Å². The molecule has 1 aromatic rings. The number of rotatable bonds is 14. The Kier molecular flexibility index (Phi) is 15.6. The number of aliphatic hydroxyl groups excluding tert-OH is 8. The number of hydrogen-bond donors (Lipinski definition) is 10. The fourth-order valence-corrected chi connectivity index (χ4v) is 7.76. The van der Waals surface area contributed by atoms with E-state index in [-0.39, 0.29) is 34.1 Å². The molecule has 216 valence electrons. The van der Waals surface area contributed by atoms with Gasteiger partial charge in [0.05, 0.1) is 56.0 Å². The number of anilines is 1. The highest BCUT2D eigenvalue weighted by Gasteiger charge is 2.33. The number of nitrogens with one attached hydrogen (secondary N) is 2. The molecule has 0 aliphatic rings. The van der Waals surface area contributed by atoms with Crippen molar-refractivity contribution in [2.45, 2.75) is 37.4 Å². The predicted octanol–water partition coefficient (Wildman–Crippen LogP) is -2.91. The second-order valence-corrected chi connectivity index (χ2v) is 11.2. The molecule has 0 saturated carbocycles. The summed E-state index contributed by atoms with van der Waals surface area (Å²) in [5.41, 5.74) is -0.168. The summed E-state index contributed by atoms with van der Waals surface area (Å²) in [5, 5.41) is 81.2. The van der Waals surface area contributed by atoms with Crippen molar-refractivity contribution in [2.24, 2.45) is 0 Å². The lowest BCUT2D eigenvalue weighted by molar-refractivity contribution is -0.125. The van der Waals surface area contributed by atoms with E-state index in [1.807, 2.05) is 0 Å². The molecule has 1 rings (SSSR count). The van der Waals surface area contributed by atoms with Crippen molar-refractivity contribution < 1.29 is 55.2 Å². The topological polar surface area (TPSA) is 240 Å². The lowest BCUT2D eigenvalue weighted by Gasteiger charge is -2.29. The second kappa shape index (κ2) is 16.7. The molecule has 5 atom stereocenters. The molecule has 0 radical (unpaired) electrons. The summed E-state index contributed by atoms with van der Waals surface area (Å²) >= 11 is 5.27. The van der Waals surface area contributed by atoms with Crippen molar-refractivity contribution in [3.8, 4) is 0 Å². The van der Waals surface area contributed by atoms with Crippen LogP contribution >= 0.6 is 67.8 Å². The molecule has 0 heterocycles. The zero-order valence-corrected chi connectivity index (χ0v) is 26.5. The van der Waals surface area contributed by atoms with Crippen LogP contribution in [0.2, 0.25) is 0 Å². The van der Waals surface area contributed by atoms with Gasteiger partial charge >= 0.3 is 0 Å².